The minimum Gasteiger partial charge on any atom is -0.385 e. The molecule has 0 bridgehead atoms. The molecule has 0 fully saturated rings. The summed E-state index contributed by atoms with van der Waals surface area (Å²) in [6.07, 6.45) is 0.340. The maximum Gasteiger partial charge on any atom is 0.226 e. The van der Waals surface area contributed by atoms with E-state index < -0.39 is 0 Å². The van der Waals surface area contributed by atoms with Gasteiger partial charge in [-0.3, -0.25) is 4.79 Å². The highest BCUT2D eigenvalue weighted by Crippen LogP contribution is 2.15. The molecule has 0 aliphatic rings. The van der Waals surface area contributed by atoms with Gasteiger partial charge in [-0.25, -0.2) is 4.39 Å². The Hall–Kier alpha value is -2.56. The number of carbonyl (C=O) groups excluding carboxylic acids is 1. The maximum atomic E-state index is 12.8. The third-order valence-electron chi connectivity index (χ3n) is 3.19. The number of hydrogen-bond donors (Lipinski definition) is 2. The Balaban J connectivity index is 1.76. The van der Waals surface area contributed by atoms with Gasteiger partial charge in [0.15, 0.2) is 0 Å². The summed E-state index contributed by atoms with van der Waals surface area (Å²) >= 11 is 0. The van der Waals surface area contributed by atoms with Gasteiger partial charge in [-0.15, -0.1) is 0 Å². The first-order valence-electron chi connectivity index (χ1n) is 7.11. The lowest BCUT2D eigenvalue weighted by Crippen LogP contribution is -2.16. The van der Waals surface area contributed by atoms with Gasteiger partial charge in [0.25, 0.3) is 0 Å². The van der Waals surface area contributed by atoms with Crippen LogP contribution in [-0.2, 0) is 4.79 Å². The average molecular weight is 301 g/mol. The molecule has 0 aromatic heterocycles. The third-order valence-corrected chi connectivity index (χ3v) is 3.19. The van der Waals surface area contributed by atoms with E-state index in [2.05, 4.69) is 10.6 Å². The van der Waals surface area contributed by atoms with Crippen molar-refractivity contribution in [3.05, 3.63) is 54.3 Å². The average Bonchev–Trinajstić information content (AvgIpc) is 2.50. The van der Waals surface area contributed by atoms with E-state index in [0.29, 0.717) is 13.0 Å². The monoisotopic (exact) mass is 301 g/mol. The van der Waals surface area contributed by atoms with Gasteiger partial charge in [0.1, 0.15) is 5.82 Å². The molecule has 22 heavy (non-hydrogen) atoms. The van der Waals surface area contributed by atoms with Crippen molar-refractivity contribution in [2.45, 2.75) is 6.42 Å². The Kier molecular flexibility index (Phi) is 5.36. The van der Waals surface area contributed by atoms with Crippen LogP contribution in [-0.4, -0.2) is 26.5 Å². The van der Waals surface area contributed by atoms with Gasteiger partial charge in [-0.1, -0.05) is 0 Å². The molecule has 0 aliphatic carbocycles. The molecule has 5 heteroatoms. The Morgan fingerprint density at radius 1 is 1.00 bits per heavy atom. The molecule has 2 aromatic carbocycles. The van der Waals surface area contributed by atoms with Gasteiger partial charge in [0.05, 0.1) is 0 Å². The highest BCUT2D eigenvalue weighted by Gasteiger charge is 2.03. The zero-order chi connectivity index (χ0) is 15.9. The van der Waals surface area contributed by atoms with Gasteiger partial charge in [-0.05, 0) is 48.5 Å². The van der Waals surface area contributed by atoms with Crippen molar-refractivity contribution in [3.8, 4) is 0 Å². The smallest absolute Gasteiger partial charge is 0.226 e. The summed E-state index contributed by atoms with van der Waals surface area (Å²) in [5.41, 5.74) is 2.65. The first-order chi connectivity index (χ1) is 10.5. The van der Waals surface area contributed by atoms with Crippen molar-refractivity contribution >= 4 is 23.0 Å². The van der Waals surface area contributed by atoms with Gasteiger partial charge < -0.3 is 15.5 Å². The van der Waals surface area contributed by atoms with Crippen LogP contribution in [0.25, 0.3) is 0 Å². The van der Waals surface area contributed by atoms with Gasteiger partial charge in [-0.2, -0.15) is 0 Å². The number of anilines is 3. The van der Waals surface area contributed by atoms with E-state index >= 15 is 0 Å². The Morgan fingerprint density at radius 2 is 1.59 bits per heavy atom. The van der Waals surface area contributed by atoms with Crippen molar-refractivity contribution in [3.63, 3.8) is 0 Å². The van der Waals surface area contributed by atoms with E-state index in [1.54, 1.807) is 12.1 Å². The highest BCUT2D eigenvalue weighted by atomic mass is 19.1. The Bertz CT molecular complexity index is 609. The van der Waals surface area contributed by atoms with Gasteiger partial charge in [0.2, 0.25) is 5.91 Å². The summed E-state index contributed by atoms with van der Waals surface area (Å²) in [7, 11) is 3.93. The Labute approximate surface area is 129 Å². The molecule has 0 aliphatic heterocycles. The predicted octanol–water partition coefficient (Wildman–Crippen LogP) is 3.33. The van der Waals surface area contributed by atoms with Crippen LogP contribution < -0.4 is 15.5 Å². The number of amides is 1. The van der Waals surface area contributed by atoms with E-state index in [4.69, 9.17) is 0 Å². The molecule has 2 aromatic rings. The molecule has 0 saturated carbocycles. The molecule has 0 unspecified atom stereocenters. The SMILES string of the molecule is CN(C)c1ccc(NC(=O)CCNc2ccc(F)cc2)cc1. The lowest BCUT2D eigenvalue weighted by atomic mass is 10.2. The molecule has 0 atom stereocenters. The predicted molar refractivity (Wildman–Crippen MR) is 88.9 cm³/mol. The summed E-state index contributed by atoms with van der Waals surface area (Å²) in [6.45, 7) is 0.493. The number of hydrogen-bond acceptors (Lipinski definition) is 3. The number of halogens is 1. The molecule has 2 rings (SSSR count). The lowest BCUT2D eigenvalue weighted by Gasteiger charge is -2.13. The number of nitrogens with zero attached hydrogens (tertiary/aromatic N) is 1. The van der Waals surface area contributed by atoms with Crippen molar-refractivity contribution in [2.24, 2.45) is 0 Å². The van der Waals surface area contributed by atoms with Crippen LogP contribution in [0.4, 0.5) is 21.5 Å². The largest absolute Gasteiger partial charge is 0.385 e. The van der Waals surface area contributed by atoms with Crippen LogP contribution in [0, 0.1) is 5.82 Å². The normalized spacial score (nSPS) is 10.1. The van der Waals surface area contributed by atoms with E-state index in [1.807, 2.05) is 43.3 Å². The minimum absolute atomic E-state index is 0.0628. The molecule has 2 N–H and O–H groups in total. The van der Waals surface area contributed by atoms with Crippen LogP contribution >= 0.6 is 0 Å². The molecule has 0 heterocycles. The fraction of sp³-hybridized carbons (Fsp3) is 0.235. The van der Waals surface area contributed by atoms with Crippen LogP contribution in [0.15, 0.2) is 48.5 Å². The standard InChI is InChI=1S/C17H20FN3O/c1-21(2)16-9-7-15(8-10-16)20-17(22)11-12-19-14-5-3-13(18)4-6-14/h3-10,19H,11-12H2,1-2H3,(H,20,22). The zero-order valence-corrected chi connectivity index (χ0v) is 12.8. The number of carbonyl (C=O) groups is 1. The van der Waals surface area contributed by atoms with E-state index in [0.717, 1.165) is 17.1 Å². The zero-order valence-electron chi connectivity index (χ0n) is 12.8. The second kappa shape index (κ2) is 7.45. The van der Waals surface area contributed by atoms with Crippen LogP contribution in [0.2, 0.25) is 0 Å². The molecular weight excluding hydrogens is 281 g/mol. The van der Waals surface area contributed by atoms with E-state index in [-0.39, 0.29) is 11.7 Å². The number of nitrogens with one attached hydrogen (secondary N) is 2. The lowest BCUT2D eigenvalue weighted by molar-refractivity contribution is -0.115. The topological polar surface area (TPSA) is 44.4 Å². The first kappa shape index (κ1) is 15.8. The molecule has 116 valence electrons. The Morgan fingerprint density at radius 3 is 2.18 bits per heavy atom. The molecule has 4 nitrogen and oxygen atoms in total. The fourth-order valence-corrected chi connectivity index (χ4v) is 1.95. The van der Waals surface area contributed by atoms with Gasteiger partial charge >= 0.3 is 0 Å². The number of benzene rings is 2. The molecule has 0 radical (unpaired) electrons. The van der Waals surface area contributed by atoms with Crippen LogP contribution in [0.1, 0.15) is 6.42 Å². The fourth-order valence-electron chi connectivity index (χ4n) is 1.95. The minimum atomic E-state index is -0.274. The van der Waals surface area contributed by atoms with Crippen LogP contribution in [0.5, 0.6) is 0 Å². The summed E-state index contributed by atoms with van der Waals surface area (Å²) in [6, 6.07) is 13.7. The molecular formula is C17H20FN3O. The highest BCUT2D eigenvalue weighted by molar-refractivity contribution is 5.91. The van der Waals surface area contributed by atoms with E-state index in [1.165, 1.54) is 12.1 Å². The van der Waals surface area contributed by atoms with Gasteiger partial charge in [0, 0.05) is 44.1 Å². The quantitative estimate of drug-likeness (QED) is 0.860. The summed E-state index contributed by atoms with van der Waals surface area (Å²) in [4.78, 5) is 13.9. The van der Waals surface area contributed by atoms with Crippen LogP contribution in [0.3, 0.4) is 0 Å². The third kappa shape index (κ3) is 4.77. The summed E-state index contributed by atoms with van der Waals surface area (Å²) < 4.78 is 12.8. The summed E-state index contributed by atoms with van der Waals surface area (Å²) in [5.74, 6) is -0.336. The molecule has 0 spiro atoms. The van der Waals surface area contributed by atoms with Crippen molar-refractivity contribution < 1.29 is 9.18 Å². The van der Waals surface area contributed by atoms with Crippen molar-refractivity contribution in [1.82, 2.24) is 0 Å². The first-order valence-corrected chi connectivity index (χ1v) is 7.11. The molecule has 1 amide bonds. The second-order valence-corrected chi connectivity index (χ2v) is 5.17. The number of rotatable bonds is 6. The van der Waals surface area contributed by atoms with E-state index in [9.17, 15) is 9.18 Å². The van der Waals surface area contributed by atoms with Crippen molar-refractivity contribution in [1.29, 1.82) is 0 Å². The second-order valence-electron chi connectivity index (χ2n) is 5.17. The van der Waals surface area contributed by atoms with Crippen molar-refractivity contribution in [2.75, 3.05) is 36.2 Å². The molecule has 0 saturated heterocycles. The summed E-state index contributed by atoms with van der Waals surface area (Å²) in [5, 5.41) is 5.92. The maximum absolute atomic E-state index is 12.8.